The Balaban J connectivity index is 2.94. The molecule has 0 saturated heterocycles. The van der Waals surface area contributed by atoms with Gasteiger partial charge in [0.2, 0.25) is 0 Å². The van der Waals surface area contributed by atoms with E-state index in [1.807, 2.05) is 13.8 Å². The highest BCUT2D eigenvalue weighted by Gasteiger charge is 2.05. The van der Waals surface area contributed by atoms with E-state index in [1.165, 1.54) is 0 Å². The lowest BCUT2D eigenvalue weighted by molar-refractivity contribution is 0.324. The Bertz CT molecular complexity index is 312. The van der Waals surface area contributed by atoms with Crippen molar-refractivity contribution in [3.63, 3.8) is 0 Å². The van der Waals surface area contributed by atoms with Crippen LogP contribution in [0.2, 0.25) is 0 Å². The van der Waals surface area contributed by atoms with Crippen molar-refractivity contribution in [3.8, 4) is 11.5 Å². The van der Waals surface area contributed by atoms with Crippen LogP contribution in [0.3, 0.4) is 0 Å². The largest absolute Gasteiger partial charge is 0.494 e. The number of nitroso groups, excluding NO2 is 1. The lowest BCUT2D eigenvalue weighted by atomic mass is 10.3. The summed E-state index contributed by atoms with van der Waals surface area (Å²) < 4.78 is 10.5. The average Bonchev–Trinajstić information content (AvgIpc) is 2.19. The number of rotatable bonds is 5. The molecule has 0 aliphatic rings. The molecule has 0 aliphatic carbocycles. The van der Waals surface area contributed by atoms with Gasteiger partial charge >= 0.3 is 0 Å². The van der Waals surface area contributed by atoms with Crippen molar-refractivity contribution in [1.82, 2.24) is 0 Å². The molecule has 1 aromatic rings. The minimum absolute atomic E-state index is 0.301. The molecular weight excluding hydrogens is 182 g/mol. The summed E-state index contributed by atoms with van der Waals surface area (Å²) in [5.74, 6) is 1.15. The van der Waals surface area contributed by atoms with Crippen molar-refractivity contribution < 1.29 is 9.47 Å². The Kier molecular flexibility index (Phi) is 3.91. The SMILES string of the molecule is CCOc1ccc(N=O)c(OCC)c1. The van der Waals surface area contributed by atoms with Crippen LogP contribution in [0, 0.1) is 4.91 Å². The monoisotopic (exact) mass is 195 g/mol. The lowest BCUT2D eigenvalue weighted by Crippen LogP contribution is -1.94. The second-order valence-electron chi connectivity index (χ2n) is 2.59. The van der Waals surface area contributed by atoms with E-state index in [1.54, 1.807) is 18.2 Å². The highest BCUT2D eigenvalue weighted by Crippen LogP contribution is 2.31. The number of hydrogen-bond acceptors (Lipinski definition) is 4. The second-order valence-corrected chi connectivity index (χ2v) is 2.59. The van der Waals surface area contributed by atoms with Gasteiger partial charge in [-0.05, 0) is 31.2 Å². The normalized spacial score (nSPS) is 9.57. The van der Waals surface area contributed by atoms with Crippen LogP contribution < -0.4 is 9.47 Å². The van der Waals surface area contributed by atoms with E-state index in [4.69, 9.17) is 9.47 Å². The molecule has 0 radical (unpaired) electrons. The molecule has 0 atom stereocenters. The van der Waals surface area contributed by atoms with Gasteiger partial charge < -0.3 is 9.47 Å². The molecule has 0 saturated carbocycles. The number of hydrogen-bond donors (Lipinski definition) is 0. The molecule has 4 nitrogen and oxygen atoms in total. The molecule has 0 aliphatic heterocycles. The Hall–Kier alpha value is -1.58. The van der Waals surface area contributed by atoms with Crippen LogP contribution in [-0.4, -0.2) is 13.2 Å². The third kappa shape index (κ3) is 2.45. The molecule has 1 rings (SSSR count). The summed E-state index contributed by atoms with van der Waals surface area (Å²) in [5.41, 5.74) is 0.301. The van der Waals surface area contributed by atoms with Crippen molar-refractivity contribution in [1.29, 1.82) is 0 Å². The van der Waals surface area contributed by atoms with E-state index < -0.39 is 0 Å². The molecule has 0 amide bonds. The summed E-state index contributed by atoms with van der Waals surface area (Å²) in [6.45, 7) is 4.83. The molecule has 0 heterocycles. The second kappa shape index (κ2) is 5.21. The molecule has 0 N–H and O–H groups in total. The first-order valence-corrected chi connectivity index (χ1v) is 4.54. The van der Waals surface area contributed by atoms with Gasteiger partial charge in [-0.15, -0.1) is 4.91 Å². The van der Waals surface area contributed by atoms with Crippen LogP contribution in [0.5, 0.6) is 11.5 Å². The van der Waals surface area contributed by atoms with Crippen LogP contribution in [-0.2, 0) is 0 Å². The van der Waals surface area contributed by atoms with Gasteiger partial charge in [0.15, 0.2) is 5.75 Å². The maximum Gasteiger partial charge on any atom is 0.152 e. The average molecular weight is 195 g/mol. The fourth-order valence-corrected chi connectivity index (χ4v) is 1.10. The zero-order valence-electron chi connectivity index (χ0n) is 8.32. The van der Waals surface area contributed by atoms with Gasteiger partial charge in [-0.25, -0.2) is 0 Å². The molecule has 1 aromatic carbocycles. The van der Waals surface area contributed by atoms with Crippen LogP contribution in [0.4, 0.5) is 5.69 Å². The summed E-state index contributed by atoms with van der Waals surface area (Å²) in [6.07, 6.45) is 0. The minimum atomic E-state index is 0.301. The predicted molar refractivity (Wildman–Crippen MR) is 54.2 cm³/mol. The Morgan fingerprint density at radius 1 is 1.21 bits per heavy atom. The zero-order valence-corrected chi connectivity index (χ0v) is 8.32. The molecule has 0 spiro atoms. The van der Waals surface area contributed by atoms with E-state index in [9.17, 15) is 4.91 Å². The Morgan fingerprint density at radius 3 is 2.50 bits per heavy atom. The van der Waals surface area contributed by atoms with Crippen molar-refractivity contribution >= 4 is 5.69 Å². The minimum Gasteiger partial charge on any atom is -0.494 e. The zero-order chi connectivity index (χ0) is 10.4. The smallest absolute Gasteiger partial charge is 0.152 e. The quantitative estimate of drug-likeness (QED) is 0.678. The fraction of sp³-hybridized carbons (Fsp3) is 0.400. The van der Waals surface area contributed by atoms with Gasteiger partial charge in [-0.3, -0.25) is 0 Å². The van der Waals surface area contributed by atoms with Crippen LogP contribution >= 0.6 is 0 Å². The number of ether oxygens (including phenoxy) is 2. The number of nitrogens with zero attached hydrogens (tertiary/aromatic N) is 1. The van der Waals surface area contributed by atoms with E-state index >= 15 is 0 Å². The molecule has 0 aromatic heterocycles. The van der Waals surface area contributed by atoms with E-state index in [0.29, 0.717) is 30.4 Å². The molecule has 0 bridgehead atoms. The Labute approximate surface area is 82.8 Å². The van der Waals surface area contributed by atoms with Crippen molar-refractivity contribution in [2.75, 3.05) is 13.2 Å². The van der Waals surface area contributed by atoms with Gasteiger partial charge in [0.1, 0.15) is 11.4 Å². The van der Waals surface area contributed by atoms with E-state index in [0.717, 1.165) is 0 Å². The molecule has 0 fully saturated rings. The highest BCUT2D eigenvalue weighted by molar-refractivity contribution is 5.54. The molecule has 4 heteroatoms. The van der Waals surface area contributed by atoms with Crippen molar-refractivity contribution in [2.45, 2.75) is 13.8 Å². The first-order chi connectivity index (χ1) is 6.81. The standard InChI is InChI=1S/C10H13NO3/c1-3-13-8-5-6-9(11-12)10(7-8)14-4-2/h5-7H,3-4H2,1-2H3. The van der Waals surface area contributed by atoms with Gasteiger partial charge in [-0.1, -0.05) is 0 Å². The van der Waals surface area contributed by atoms with Gasteiger partial charge in [0, 0.05) is 6.07 Å². The molecule has 14 heavy (non-hydrogen) atoms. The van der Waals surface area contributed by atoms with Crippen LogP contribution in [0.1, 0.15) is 13.8 Å². The summed E-state index contributed by atoms with van der Waals surface area (Å²) >= 11 is 0. The third-order valence-electron chi connectivity index (χ3n) is 1.64. The summed E-state index contributed by atoms with van der Waals surface area (Å²) in [5, 5.41) is 2.86. The van der Waals surface area contributed by atoms with Gasteiger partial charge in [0.05, 0.1) is 13.2 Å². The van der Waals surface area contributed by atoms with Gasteiger partial charge in [0.25, 0.3) is 0 Å². The summed E-state index contributed by atoms with van der Waals surface area (Å²) in [4.78, 5) is 10.4. The lowest BCUT2D eigenvalue weighted by Gasteiger charge is -2.07. The van der Waals surface area contributed by atoms with Crippen molar-refractivity contribution in [2.24, 2.45) is 5.18 Å². The van der Waals surface area contributed by atoms with Crippen LogP contribution in [0.15, 0.2) is 23.4 Å². The molecule has 76 valence electrons. The maximum absolute atomic E-state index is 10.4. The highest BCUT2D eigenvalue weighted by atomic mass is 16.5. The van der Waals surface area contributed by atoms with Gasteiger partial charge in [-0.2, -0.15) is 0 Å². The third-order valence-corrected chi connectivity index (χ3v) is 1.64. The first kappa shape index (κ1) is 10.5. The van der Waals surface area contributed by atoms with Crippen molar-refractivity contribution in [3.05, 3.63) is 23.1 Å². The molecular formula is C10H13NO3. The van der Waals surface area contributed by atoms with E-state index in [-0.39, 0.29) is 0 Å². The summed E-state index contributed by atoms with van der Waals surface area (Å²) in [6, 6.07) is 4.95. The maximum atomic E-state index is 10.4. The molecule has 0 unspecified atom stereocenters. The summed E-state index contributed by atoms with van der Waals surface area (Å²) in [7, 11) is 0. The topological polar surface area (TPSA) is 47.9 Å². The predicted octanol–water partition coefficient (Wildman–Crippen LogP) is 2.88. The number of benzene rings is 1. The van der Waals surface area contributed by atoms with Crippen LogP contribution in [0.25, 0.3) is 0 Å². The Morgan fingerprint density at radius 2 is 1.93 bits per heavy atom. The van der Waals surface area contributed by atoms with E-state index in [2.05, 4.69) is 5.18 Å². The first-order valence-electron chi connectivity index (χ1n) is 4.54. The fourth-order valence-electron chi connectivity index (χ4n) is 1.10.